The van der Waals surface area contributed by atoms with Gasteiger partial charge in [-0.15, -0.1) is 0 Å². The molecule has 18 heavy (non-hydrogen) atoms. The Balaban J connectivity index is 2.26. The zero-order valence-corrected chi connectivity index (χ0v) is 11.3. The normalized spacial score (nSPS) is 11.3. The van der Waals surface area contributed by atoms with Crippen molar-refractivity contribution in [3.8, 4) is 0 Å². The maximum Gasteiger partial charge on any atom is 0.306 e. The summed E-state index contributed by atoms with van der Waals surface area (Å²) in [6.07, 6.45) is 2.20. The van der Waals surface area contributed by atoms with E-state index in [1.807, 2.05) is 30.3 Å². The number of hydrogen-bond acceptors (Lipinski definition) is 3. The quantitative estimate of drug-likeness (QED) is 0.756. The maximum absolute atomic E-state index is 11.6. The Morgan fingerprint density at radius 2 is 1.89 bits per heavy atom. The van der Waals surface area contributed by atoms with Crippen molar-refractivity contribution in [3.05, 3.63) is 35.9 Å². The molecule has 0 heterocycles. The second-order valence-corrected chi connectivity index (χ2v) is 5.35. The topological polar surface area (TPSA) is 52.3 Å². The molecular weight excluding hydrogens is 226 g/mol. The molecule has 1 aromatic rings. The van der Waals surface area contributed by atoms with E-state index in [0.29, 0.717) is 19.6 Å². The van der Waals surface area contributed by atoms with Gasteiger partial charge in [0, 0.05) is 6.42 Å². The first kappa shape index (κ1) is 14.7. The van der Waals surface area contributed by atoms with Crippen molar-refractivity contribution in [2.24, 2.45) is 11.1 Å². The summed E-state index contributed by atoms with van der Waals surface area (Å²) in [5.74, 6) is -0.135. The first-order chi connectivity index (χ1) is 8.53. The molecule has 0 saturated carbocycles. The highest BCUT2D eigenvalue weighted by molar-refractivity contribution is 5.69. The van der Waals surface area contributed by atoms with Crippen molar-refractivity contribution in [1.29, 1.82) is 0 Å². The van der Waals surface area contributed by atoms with E-state index < -0.39 is 0 Å². The van der Waals surface area contributed by atoms with Gasteiger partial charge in [0.15, 0.2) is 0 Å². The van der Waals surface area contributed by atoms with Gasteiger partial charge in [0.05, 0.1) is 0 Å². The summed E-state index contributed by atoms with van der Waals surface area (Å²) in [7, 11) is 0. The minimum atomic E-state index is -0.135. The predicted octanol–water partition coefficient (Wildman–Crippen LogP) is 2.89. The number of rotatable bonds is 7. The van der Waals surface area contributed by atoms with Crippen LogP contribution in [-0.2, 0) is 16.1 Å². The Bertz CT molecular complexity index is 360. The molecule has 3 nitrogen and oxygen atoms in total. The molecule has 2 N–H and O–H groups in total. The van der Waals surface area contributed by atoms with Crippen LogP contribution in [0.1, 0.15) is 38.7 Å². The van der Waals surface area contributed by atoms with Crippen molar-refractivity contribution in [1.82, 2.24) is 0 Å². The van der Waals surface area contributed by atoms with E-state index in [-0.39, 0.29) is 11.4 Å². The van der Waals surface area contributed by atoms with E-state index in [2.05, 4.69) is 13.8 Å². The number of benzene rings is 1. The van der Waals surface area contributed by atoms with Gasteiger partial charge in [0.2, 0.25) is 0 Å². The SMILES string of the molecule is CC(C)(CCN)CCC(=O)OCc1ccccc1. The Hall–Kier alpha value is -1.35. The molecule has 1 aromatic carbocycles. The molecule has 100 valence electrons. The largest absolute Gasteiger partial charge is 0.461 e. The molecule has 0 aliphatic rings. The van der Waals surface area contributed by atoms with Crippen LogP contribution in [0.15, 0.2) is 30.3 Å². The Labute approximate surface area is 109 Å². The lowest BCUT2D eigenvalue weighted by atomic mass is 9.84. The summed E-state index contributed by atoms with van der Waals surface area (Å²) >= 11 is 0. The summed E-state index contributed by atoms with van der Waals surface area (Å²) in [4.78, 5) is 11.6. The maximum atomic E-state index is 11.6. The summed E-state index contributed by atoms with van der Waals surface area (Å²) in [6.45, 7) is 5.28. The highest BCUT2D eigenvalue weighted by Crippen LogP contribution is 2.26. The lowest BCUT2D eigenvalue weighted by Gasteiger charge is -2.23. The van der Waals surface area contributed by atoms with Crippen molar-refractivity contribution >= 4 is 5.97 Å². The number of carbonyl (C=O) groups excluding carboxylic acids is 1. The molecule has 0 amide bonds. The molecule has 0 atom stereocenters. The third-order valence-corrected chi connectivity index (χ3v) is 3.07. The van der Waals surface area contributed by atoms with Crippen LogP contribution in [0.3, 0.4) is 0 Å². The van der Waals surface area contributed by atoms with Crippen LogP contribution in [0.4, 0.5) is 0 Å². The van der Waals surface area contributed by atoms with Crippen molar-refractivity contribution in [3.63, 3.8) is 0 Å². The number of nitrogens with two attached hydrogens (primary N) is 1. The van der Waals surface area contributed by atoms with E-state index in [0.717, 1.165) is 18.4 Å². The molecule has 0 saturated heterocycles. The highest BCUT2D eigenvalue weighted by Gasteiger charge is 2.18. The highest BCUT2D eigenvalue weighted by atomic mass is 16.5. The number of hydrogen-bond donors (Lipinski definition) is 1. The third kappa shape index (κ3) is 5.82. The third-order valence-electron chi connectivity index (χ3n) is 3.07. The van der Waals surface area contributed by atoms with Crippen LogP contribution in [0.2, 0.25) is 0 Å². The van der Waals surface area contributed by atoms with Gasteiger partial charge in [0.1, 0.15) is 6.61 Å². The first-order valence-electron chi connectivity index (χ1n) is 6.43. The molecule has 0 bridgehead atoms. The lowest BCUT2D eigenvalue weighted by molar-refractivity contribution is -0.145. The summed E-state index contributed by atoms with van der Waals surface area (Å²) in [5.41, 5.74) is 6.67. The number of ether oxygens (including phenoxy) is 1. The van der Waals surface area contributed by atoms with Crippen molar-refractivity contribution < 1.29 is 9.53 Å². The van der Waals surface area contributed by atoms with Crippen molar-refractivity contribution in [2.45, 2.75) is 39.7 Å². The van der Waals surface area contributed by atoms with Gasteiger partial charge >= 0.3 is 5.97 Å². The average molecular weight is 249 g/mol. The zero-order valence-electron chi connectivity index (χ0n) is 11.3. The molecule has 0 spiro atoms. The number of carbonyl (C=O) groups is 1. The summed E-state index contributed by atoms with van der Waals surface area (Å²) in [5, 5.41) is 0. The van der Waals surface area contributed by atoms with Gasteiger partial charge < -0.3 is 10.5 Å². The molecule has 0 fully saturated rings. The Morgan fingerprint density at radius 3 is 2.50 bits per heavy atom. The standard InChI is InChI=1S/C15H23NO2/c1-15(2,10-11-16)9-8-14(17)18-12-13-6-4-3-5-7-13/h3-7H,8-12,16H2,1-2H3. The molecular formula is C15H23NO2. The van der Waals surface area contributed by atoms with Gasteiger partial charge in [-0.25, -0.2) is 0 Å². The van der Waals surface area contributed by atoms with E-state index >= 15 is 0 Å². The fraction of sp³-hybridized carbons (Fsp3) is 0.533. The predicted molar refractivity (Wildman–Crippen MR) is 72.9 cm³/mol. The van der Waals surface area contributed by atoms with Crippen LogP contribution in [0, 0.1) is 5.41 Å². The van der Waals surface area contributed by atoms with E-state index in [4.69, 9.17) is 10.5 Å². The molecule has 1 rings (SSSR count). The van der Waals surface area contributed by atoms with Gasteiger partial charge in [-0.2, -0.15) is 0 Å². The van der Waals surface area contributed by atoms with Gasteiger partial charge in [-0.1, -0.05) is 44.2 Å². The van der Waals surface area contributed by atoms with Crippen LogP contribution < -0.4 is 5.73 Å². The summed E-state index contributed by atoms with van der Waals surface area (Å²) in [6, 6.07) is 9.72. The van der Waals surface area contributed by atoms with Gasteiger partial charge in [-0.3, -0.25) is 4.79 Å². The second-order valence-electron chi connectivity index (χ2n) is 5.35. The minimum absolute atomic E-state index is 0.112. The minimum Gasteiger partial charge on any atom is -0.461 e. The van der Waals surface area contributed by atoms with Crippen molar-refractivity contribution in [2.75, 3.05) is 6.54 Å². The average Bonchev–Trinajstić information content (AvgIpc) is 2.35. The smallest absolute Gasteiger partial charge is 0.306 e. The van der Waals surface area contributed by atoms with Crippen LogP contribution in [0.5, 0.6) is 0 Å². The molecule has 0 aliphatic heterocycles. The molecule has 0 aliphatic carbocycles. The number of esters is 1. The molecule has 0 unspecified atom stereocenters. The fourth-order valence-electron chi connectivity index (χ4n) is 1.77. The van der Waals surface area contributed by atoms with E-state index in [9.17, 15) is 4.79 Å². The monoisotopic (exact) mass is 249 g/mol. The molecule has 0 radical (unpaired) electrons. The zero-order chi connectivity index (χ0) is 13.4. The van der Waals surface area contributed by atoms with Gasteiger partial charge in [0.25, 0.3) is 0 Å². The first-order valence-corrected chi connectivity index (χ1v) is 6.43. The second kappa shape index (κ2) is 7.17. The van der Waals surface area contributed by atoms with Crippen LogP contribution >= 0.6 is 0 Å². The Morgan fingerprint density at radius 1 is 1.22 bits per heavy atom. The molecule has 3 heteroatoms. The van der Waals surface area contributed by atoms with Crippen LogP contribution in [0.25, 0.3) is 0 Å². The van der Waals surface area contributed by atoms with E-state index in [1.165, 1.54) is 0 Å². The van der Waals surface area contributed by atoms with E-state index in [1.54, 1.807) is 0 Å². The lowest BCUT2D eigenvalue weighted by Crippen LogP contribution is -2.19. The van der Waals surface area contributed by atoms with Gasteiger partial charge in [-0.05, 0) is 30.4 Å². The Kier molecular flexibility index (Phi) is 5.86. The fourth-order valence-corrected chi connectivity index (χ4v) is 1.77. The van der Waals surface area contributed by atoms with Crippen LogP contribution in [-0.4, -0.2) is 12.5 Å². The summed E-state index contributed by atoms with van der Waals surface area (Å²) < 4.78 is 5.23. The molecule has 0 aromatic heterocycles.